The van der Waals surface area contributed by atoms with Crippen molar-refractivity contribution in [2.75, 3.05) is 0 Å². The number of hydrogen-bond acceptors (Lipinski definition) is 3. The Kier molecular flexibility index (Phi) is 4.78. The minimum Gasteiger partial charge on any atom is -0.445 e. The van der Waals surface area contributed by atoms with Gasteiger partial charge in [0.25, 0.3) is 0 Å². The largest absolute Gasteiger partial charge is 0.445 e. The molecular weight excluding hydrogens is 314 g/mol. The molecule has 0 aliphatic heterocycles. The second-order valence-electron chi connectivity index (χ2n) is 3.65. The maximum absolute atomic E-state index is 11.5. The predicted octanol–water partition coefficient (Wildman–Crippen LogP) is 3.94. The van der Waals surface area contributed by atoms with E-state index in [9.17, 15) is 4.79 Å². The Morgan fingerprint density at radius 2 is 2.11 bits per heavy atom. The first-order valence-electron chi connectivity index (χ1n) is 5.41. The van der Waals surface area contributed by atoms with Crippen LogP contribution in [0.4, 0.5) is 4.79 Å². The SMILES string of the molecule is O=C(NCc1cc(Br)cs1)OCc1ccccc1. The van der Waals surface area contributed by atoms with Gasteiger partial charge in [-0.1, -0.05) is 30.3 Å². The second-order valence-corrected chi connectivity index (χ2v) is 5.56. The van der Waals surface area contributed by atoms with Gasteiger partial charge in [-0.05, 0) is 27.6 Å². The lowest BCUT2D eigenvalue weighted by molar-refractivity contribution is 0.139. The molecule has 1 aromatic heterocycles. The molecule has 0 aliphatic carbocycles. The van der Waals surface area contributed by atoms with Gasteiger partial charge in [0.05, 0.1) is 6.54 Å². The molecule has 0 fully saturated rings. The number of thiophene rings is 1. The number of nitrogens with one attached hydrogen (secondary N) is 1. The van der Waals surface area contributed by atoms with Gasteiger partial charge in [0, 0.05) is 14.7 Å². The van der Waals surface area contributed by atoms with Crippen LogP contribution >= 0.6 is 27.3 Å². The lowest BCUT2D eigenvalue weighted by Crippen LogP contribution is -2.23. The lowest BCUT2D eigenvalue weighted by atomic mass is 10.2. The van der Waals surface area contributed by atoms with Gasteiger partial charge in [0.1, 0.15) is 6.61 Å². The van der Waals surface area contributed by atoms with Crippen molar-refractivity contribution < 1.29 is 9.53 Å². The molecule has 2 rings (SSSR count). The summed E-state index contributed by atoms with van der Waals surface area (Å²) in [5, 5.41) is 4.69. The van der Waals surface area contributed by atoms with Crippen molar-refractivity contribution in [3.8, 4) is 0 Å². The Morgan fingerprint density at radius 3 is 2.78 bits per heavy atom. The quantitative estimate of drug-likeness (QED) is 0.924. The lowest BCUT2D eigenvalue weighted by Gasteiger charge is -2.05. The summed E-state index contributed by atoms with van der Waals surface area (Å²) < 4.78 is 6.13. The third-order valence-electron chi connectivity index (χ3n) is 2.24. The fourth-order valence-electron chi connectivity index (χ4n) is 1.38. The summed E-state index contributed by atoms with van der Waals surface area (Å²) in [7, 11) is 0. The van der Waals surface area contributed by atoms with Crippen molar-refractivity contribution in [1.29, 1.82) is 0 Å². The Labute approximate surface area is 118 Å². The highest BCUT2D eigenvalue weighted by Crippen LogP contribution is 2.19. The molecule has 18 heavy (non-hydrogen) atoms. The molecule has 0 spiro atoms. The fourth-order valence-corrected chi connectivity index (χ4v) is 2.77. The summed E-state index contributed by atoms with van der Waals surface area (Å²) in [4.78, 5) is 12.5. The molecule has 5 heteroatoms. The minimum absolute atomic E-state index is 0.292. The molecule has 1 N–H and O–H groups in total. The van der Waals surface area contributed by atoms with E-state index in [-0.39, 0.29) is 0 Å². The first-order valence-corrected chi connectivity index (χ1v) is 7.09. The smallest absolute Gasteiger partial charge is 0.407 e. The number of ether oxygens (including phenoxy) is 1. The van der Waals surface area contributed by atoms with Crippen molar-refractivity contribution in [2.24, 2.45) is 0 Å². The number of carbonyl (C=O) groups is 1. The van der Waals surface area contributed by atoms with Crippen molar-refractivity contribution in [2.45, 2.75) is 13.2 Å². The van der Waals surface area contributed by atoms with Gasteiger partial charge in [0.2, 0.25) is 0 Å². The van der Waals surface area contributed by atoms with Gasteiger partial charge in [-0.25, -0.2) is 4.79 Å². The molecule has 0 saturated heterocycles. The van der Waals surface area contributed by atoms with E-state index in [2.05, 4.69) is 21.2 Å². The molecular formula is C13H12BrNO2S. The summed E-state index contributed by atoms with van der Waals surface area (Å²) in [5.41, 5.74) is 0.978. The van der Waals surface area contributed by atoms with Crippen molar-refractivity contribution in [3.05, 3.63) is 56.7 Å². The summed E-state index contributed by atoms with van der Waals surface area (Å²) >= 11 is 4.96. The Balaban J connectivity index is 1.73. The predicted molar refractivity (Wildman–Crippen MR) is 75.5 cm³/mol. The van der Waals surface area contributed by atoms with E-state index in [1.807, 2.05) is 41.8 Å². The average molecular weight is 326 g/mol. The number of carbonyl (C=O) groups excluding carboxylic acids is 1. The molecule has 0 aliphatic rings. The summed E-state index contributed by atoms with van der Waals surface area (Å²) in [5.74, 6) is 0. The molecule has 1 heterocycles. The molecule has 94 valence electrons. The molecule has 1 aromatic carbocycles. The highest BCUT2D eigenvalue weighted by atomic mass is 79.9. The number of rotatable bonds is 4. The highest BCUT2D eigenvalue weighted by molar-refractivity contribution is 9.10. The molecule has 0 radical (unpaired) electrons. The van der Waals surface area contributed by atoms with Crippen LogP contribution < -0.4 is 5.32 Å². The monoisotopic (exact) mass is 325 g/mol. The number of amides is 1. The van der Waals surface area contributed by atoms with Gasteiger partial charge in [-0.2, -0.15) is 0 Å². The van der Waals surface area contributed by atoms with Crippen LogP contribution in [0.5, 0.6) is 0 Å². The van der Waals surface area contributed by atoms with Gasteiger partial charge in [-0.3, -0.25) is 0 Å². The Bertz CT molecular complexity index is 513. The number of hydrogen-bond donors (Lipinski definition) is 1. The molecule has 0 saturated carbocycles. The molecule has 0 bridgehead atoms. The highest BCUT2D eigenvalue weighted by Gasteiger charge is 2.03. The Hall–Kier alpha value is -1.33. The first kappa shape index (κ1) is 13.1. The maximum Gasteiger partial charge on any atom is 0.407 e. The van der Waals surface area contributed by atoms with Crippen molar-refractivity contribution in [3.63, 3.8) is 0 Å². The standard InChI is InChI=1S/C13H12BrNO2S/c14-11-6-12(18-9-11)7-15-13(16)17-8-10-4-2-1-3-5-10/h1-6,9H,7-8H2,(H,15,16). The average Bonchev–Trinajstić information content (AvgIpc) is 2.81. The van der Waals surface area contributed by atoms with Gasteiger partial charge >= 0.3 is 6.09 Å². The van der Waals surface area contributed by atoms with Crippen LogP contribution in [0.2, 0.25) is 0 Å². The van der Waals surface area contributed by atoms with E-state index in [4.69, 9.17) is 4.74 Å². The van der Waals surface area contributed by atoms with Crippen molar-refractivity contribution in [1.82, 2.24) is 5.32 Å². The van der Waals surface area contributed by atoms with Crippen LogP contribution in [-0.2, 0) is 17.9 Å². The second kappa shape index (κ2) is 6.56. The van der Waals surface area contributed by atoms with Crippen LogP contribution in [0.15, 0.2) is 46.3 Å². The maximum atomic E-state index is 11.5. The Morgan fingerprint density at radius 1 is 1.33 bits per heavy atom. The van der Waals surface area contributed by atoms with Gasteiger partial charge in [-0.15, -0.1) is 11.3 Å². The van der Waals surface area contributed by atoms with Crippen molar-refractivity contribution >= 4 is 33.4 Å². The fraction of sp³-hybridized carbons (Fsp3) is 0.154. The summed E-state index contributed by atoms with van der Waals surface area (Å²) in [6, 6.07) is 11.6. The van der Waals surface area contributed by atoms with Crippen LogP contribution in [-0.4, -0.2) is 6.09 Å². The van der Waals surface area contributed by atoms with E-state index in [1.54, 1.807) is 11.3 Å². The van der Waals surface area contributed by atoms with E-state index in [0.717, 1.165) is 14.9 Å². The minimum atomic E-state index is -0.400. The van der Waals surface area contributed by atoms with E-state index in [0.29, 0.717) is 13.2 Å². The van der Waals surface area contributed by atoms with Crippen LogP contribution in [0.1, 0.15) is 10.4 Å². The topological polar surface area (TPSA) is 38.3 Å². The molecule has 0 atom stereocenters. The normalized spacial score (nSPS) is 10.1. The third-order valence-corrected chi connectivity index (χ3v) is 3.94. The zero-order valence-electron chi connectivity index (χ0n) is 9.56. The molecule has 3 nitrogen and oxygen atoms in total. The van der Waals surface area contributed by atoms with Crippen LogP contribution in [0.25, 0.3) is 0 Å². The summed E-state index contributed by atoms with van der Waals surface area (Å²) in [6.07, 6.45) is -0.400. The number of halogens is 1. The number of alkyl carbamates (subject to hydrolysis) is 1. The third kappa shape index (κ3) is 4.16. The molecule has 1 amide bonds. The molecule has 0 unspecified atom stereocenters. The van der Waals surface area contributed by atoms with Crippen LogP contribution in [0.3, 0.4) is 0 Å². The zero-order valence-corrected chi connectivity index (χ0v) is 12.0. The molecule has 2 aromatic rings. The van der Waals surface area contributed by atoms with E-state index < -0.39 is 6.09 Å². The van der Waals surface area contributed by atoms with Gasteiger partial charge in [0.15, 0.2) is 0 Å². The summed E-state index contributed by atoms with van der Waals surface area (Å²) in [6.45, 7) is 0.782. The zero-order chi connectivity index (χ0) is 12.8. The van der Waals surface area contributed by atoms with Crippen LogP contribution in [0, 0.1) is 0 Å². The first-order chi connectivity index (χ1) is 8.74. The van der Waals surface area contributed by atoms with E-state index in [1.165, 1.54) is 0 Å². The van der Waals surface area contributed by atoms with Gasteiger partial charge < -0.3 is 10.1 Å². The van der Waals surface area contributed by atoms with E-state index >= 15 is 0 Å². The number of benzene rings is 1.